The quantitative estimate of drug-likeness (QED) is 0.847. The number of carbonyl (C=O) groups is 1. The second kappa shape index (κ2) is 6.02. The van der Waals surface area contributed by atoms with Gasteiger partial charge in [0.2, 0.25) is 0 Å². The Morgan fingerprint density at radius 3 is 2.83 bits per heavy atom. The van der Waals surface area contributed by atoms with Gasteiger partial charge in [0.05, 0.1) is 6.04 Å². The van der Waals surface area contributed by atoms with E-state index in [1.807, 2.05) is 41.6 Å². The van der Waals surface area contributed by atoms with E-state index in [0.29, 0.717) is 12.0 Å². The third kappa shape index (κ3) is 3.06. The van der Waals surface area contributed by atoms with Crippen LogP contribution in [0.15, 0.2) is 36.7 Å². The lowest BCUT2D eigenvalue weighted by Crippen LogP contribution is -2.33. The summed E-state index contributed by atoms with van der Waals surface area (Å²) in [6, 6.07) is 9.74. The summed E-state index contributed by atoms with van der Waals surface area (Å²) in [4.78, 5) is 14.2. The number of benzene rings is 1. The molecule has 2 heterocycles. The third-order valence-corrected chi connectivity index (χ3v) is 4.56. The Bertz CT molecular complexity index is 681. The zero-order valence-electron chi connectivity index (χ0n) is 13.0. The number of amides is 1. The Labute approximate surface area is 135 Å². The van der Waals surface area contributed by atoms with Crippen LogP contribution in [0.25, 0.3) is 0 Å². The van der Waals surface area contributed by atoms with Gasteiger partial charge in [-0.05, 0) is 31.4 Å². The highest BCUT2D eigenvalue weighted by Crippen LogP contribution is 2.40. The molecule has 1 saturated carbocycles. The molecule has 1 amide bonds. The largest absolute Gasteiger partial charge is 0.484 e. The fourth-order valence-corrected chi connectivity index (χ4v) is 3.12. The second-order valence-electron chi connectivity index (χ2n) is 6.25. The van der Waals surface area contributed by atoms with Gasteiger partial charge in [0.15, 0.2) is 6.61 Å². The van der Waals surface area contributed by atoms with Crippen molar-refractivity contribution in [1.29, 1.82) is 0 Å². The van der Waals surface area contributed by atoms with Gasteiger partial charge in [-0.1, -0.05) is 18.2 Å². The van der Waals surface area contributed by atoms with Gasteiger partial charge in [-0.25, -0.2) is 0 Å². The van der Waals surface area contributed by atoms with Crippen molar-refractivity contribution in [3.05, 3.63) is 42.5 Å². The highest BCUT2D eigenvalue weighted by molar-refractivity contribution is 5.78. The minimum atomic E-state index is 0.0393. The first-order chi connectivity index (χ1) is 11.3. The van der Waals surface area contributed by atoms with Gasteiger partial charge in [0.1, 0.15) is 17.9 Å². The fraction of sp³-hybridized carbons (Fsp3) is 0.471. The molecule has 1 aromatic carbocycles. The average molecular weight is 312 g/mol. The SMILES string of the molecule is O=C(COc1ccccc1)N1CCC(n2cnnc2C2CC2)C1. The molecule has 1 aromatic heterocycles. The number of aromatic nitrogens is 3. The van der Waals surface area contributed by atoms with Crippen LogP contribution in [0.5, 0.6) is 5.75 Å². The smallest absolute Gasteiger partial charge is 0.260 e. The molecule has 1 saturated heterocycles. The molecule has 0 radical (unpaired) electrons. The van der Waals surface area contributed by atoms with E-state index in [1.54, 1.807) is 0 Å². The van der Waals surface area contributed by atoms with Gasteiger partial charge in [0.25, 0.3) is 5.91 Å². The summed E-state index contributed by atoms with van der Waals surface area (Å²) in [6.45, 7) is 1.58. The third-order valence-electron chi connectivity index (χ3n) is 4.56. The molecule has 0 N–H and O–H groups in total. The van der Waals surface area contributed by atoms with Crippen LogP contribution in [0.3, 0.4) is 0 Å². The molecule has 6 heteroatoms. The zero-order chi connectivity index (χ0) is 15.6. The van der Waals surface area contributed by atoms with Crippen LogP contribution in [0, 0.1) is 0 Å². The number of ether oxygens (including phenoxy) is 1. The van der Waals surface area contributed by atoms with Crippen molar-refractivity contribution in [2.45, 2.75) is 31.2 Å². The van der Waals surface area contributed by atoms with E-state index in [-0.39, 0.29) is 12.5 Å². The zero-order valence-corrected chi connectivity index (χ0v) is 13.0. The van der Waals surface area contributed by atoms with E-state index in [0.717, 1.165) is 31.1 Å². The van der Waals surface area contributed by atoms with Crippen molar-refractivity contribution in [1.82, 2.24) is 19.7 Å². The molecular formula is C17H20N4O2. The summed E-state index contributed by atoms with van der Waals surface area (Å²) in [5.74, 6) is 2.43. The van der Waals surface area contributed by atoms with Crippen LogP contribution in [0.4, 0.5) is 0 Å². The summed E-state index contributed by atoms with van der Waals surface area (Å²) in [5.41, 5.74) is 0. The summed E-state index contributed by atoms with van der Waals surface area (Å²) in [5, 5.41) is 8.31. The number of hydrogen-bond donors (Lipinski definition) is 0. The lowest BCUT2D eigenvalue weighted by atomic mass is 10.2. The molecule has 1 aliphatic carbocycles. The number of rotatable bonds is 5. The molecule has 0 spiro atoms. The molecule has 1 aliphatic heterocycles. The van der Waals surface area contributed by atoms with Crippen molar-refractivity contribution in [3.63, 3.8) is 0 Å². The molecule has 120 valence electrons. The molecule has 2 aromatic rings. The Kier molecular flexibility index (Phi) is 3.73. The molecule has 1 atom stereocenters. The van der Waals surface area contributed by atoms with Crippen molar-refractivity contribution in [3.8, 4) is 5.75 Å². The van der Waals surface area contributed by atoms with E-state index < -0.39 is 0 Å². The van der Waals surface area contributed by atoms with Crippen molar-refractivity contribution >= 4 is 5.91 Å². The molecule has 0 bridgehead atoms. The standard InChI is InChI=1S/C17H20N4O2/c22-16(11-23-15-4-2-1-3-5-15)20-9-8-14(10-20)21-12-18-19-17(21)13-6-7-13/h1-5,12-14H,6-11H2. The van der Waals surface area contributed by atoms with Crippen LogP contribution >= 0.6 is 0 Å². The normalized spacial score (nSPS) is 20.7. The maximum Gasteiger partial charge on any atom is 0.260 e. The topological polar surface area (TPSA) is 60.2 Å². The van der Waals surface area contributed by atoms with Crippen LogP contribution in [-0.4, -0.2) is 45.3 Å². The Hall–Kier alpha value is -2.37. The Balaban J connectivity index is 1.34. The molecule has 2 fully saturated rings. The summed E-state index contributed by atoms with van der Waals surface area (Å²) < 4.78 is 7.73. The highest BCUT2D eigenvalue weighted by Gasteiger charge is 2.34. The lowest BCUT2D eigenvalue weighted by Gasteiger charge is -2.18. The Morgan fingerprint density at radius 1 is 1.22 bits per heavy atom. The van der Waals surface area contributed by atoms with E-state index in [2.05, 4.69) is 14.8 Å². The number of hydrogen-bond acceptors (Lipinski definition) is 4. The highest BCUT2D eigenvalue weighted by atomic mass is 16.5. The minimum absolute atomic E-state index is 0.0393. The number of likely N-dealkylation sites (tertiary alicyclic amines) is 1. The monoisotopic (exact) mass is 312 g/mol. The molecular weight excluding hydrogens is 292 g/mol. The summed E-state index contributed by atoms with van der Waals surface area (Å²) in [7, 11) is 0. The van der Waals surface area contributed by atoms with Gasteiger partial charge in [-0.15, -0.1) is 10.2 Å². The molecule has 4 rings (SSSR count). The lowest BCUT2D eigenvalue weighted by molar-refractivity contribution is -0.132. The van der Waals surface area contributed by atoms with Crippen LogP contribution in [-0.2, 0) is 4.79 Å². The van der Waals surface area contributed by atoms with Crippen molar-refractivity contribution in [2.24, 2.45) is 0 Å². The first kappa shape index (κ1) is 14.2. The molecule has 1 unspecified atom stereocenters. The van der Waals surface area contributed by atoms with Gasteiger partial charge in [-0.3, -0.25) is 4.79 Å². The van der Waals surface area contributed by atoms with E-state index >= 15 is 0 Å². The van der Waals surface area contributed by atoms with E-state index in [9.17, 15) is 4.79 Å². The molecule has 23 heavy (non-hydrogen) atoms. The van der Waals surface area contributed by atoms with Crippen LogP contribution < -0.4 is 4.74 Å². The maximum atomic E-state index is 12.3. The predicted octanol–water partition coefficient (Wildman–Crippen LogP) is 2.01. The Morgan fingerprint density at radius 2 is 2.04 bits per heavy atom. The van der Waals surface area contributed by atoms with Gasteiger partial charge in [0, 0.05) is 19.0 Å². The molecule has 2 aliphatic rings. The predicted molar refractivity (Wildman–Crippen MR) is 84.2 cm³/mol. The number of para-hydroxylation sites is 1. The molecule has 6 nitrogen and oxygen atoms in total. The number of nitrogens with zero attached hydrogens (tertiary/aromatic N) is 4. The van der Waals surface area contributed by atoms with Gasteiger partial charge < -0.3 is 14.2 Å². The van der Waals surface area contributed by atoms with Crippen molar-refractivity contribution in [2.75, 3.05) is 19.7 Å². The summed E-state index contributed by atoms with van der Waals surface area (Å²) >= 11 is 0. The van der Waals surface area contributed by atoms with E-state index in [1.165, 1.54) is 12.8 Å². The van der Waals surface area contributed by atoms with Crippen molar-refractivity contribution < 1.29 is 9.53 Å². The maximum absolute atomic E-state index is 12.3. The van der Waals surface area contributed by atoms with Crippen LogP contribution in [0.1, 0.15) is 37.0 Å². The second-order valence-corrected chi connectivity index (χ2v) is 6.25. The first-order valence-corrected chi connectivity index (χ1v) is 8.16. The summed E-state index contributed by atoms with van der Waals surface area (Å²) in [6.07, 6.45) is 5.18. The van der Waals surface area contributed by atoms with Crippen LogP contribution in [0.2, 0.25) is 0 Å². The van der Waals surface area contributed by atoms with E-state index in [4.69, 9.17) is 4.74 Å². The first-order valence-electron chi connectivity index (χ1n) is 8.16. The fourth-order valence-electron chi connectivity index (χ4n) is 3.12. The average Bonchev–Trinajstić information content (AvgIpc) is 3.12. The van der Waals surface area contributed by atoms with Gasteiger partial charge >= 0.3 is 0 Å². The minimum Gasteiger partial charge on any atom is -0.484 e. The van der Waals surface area contributed by atoms with Gasteiger partial charge in [-0.2, -0.15) is 0 Å². The number of carbonyl (C=O) groups excluding carboxylic acids is 1.